The van der Waals surface area contributed by atoms with Gasteiger partial charge in [-0.1, -0.05) is 24.8 Å². The predicted molar refractivity (Wildman–Crippen MR) is 167 cm³/mol. The van der Waals surface area contributed by atoms with E-state index in [1.165, 1.54) is 27.8 Å². The van der Waals surface area contributed by atoms with Gasteiger partial charge in [0, 0.05) is 35.1 Å². The number of carbonyl (C=O) groups is 1. The summed E-state index contributed by atoms with van der Waals surface area (Å²) in [6.45, 7) is 6.98. The predicted octanol–water partition coefficient (Wildman–Crippen LogP) is 5.93. The maximum atomic E-state index is 13.8. The summed E-state index contributed by atoms with van der Waals surface area (Å²) in [4.78, 5) is 28.4. The molecule has 0 radical (unpaired) electrons. The van der Waals surface area contributed by atoms with Gasteiger partial charge in [0.1, 0.15) is 12.4 Å². The van der Waals surface area contributed by atoms with E-state index in [9.17, 15) is 14.4 Å². The van der Waals surface area contributed by atoms with E-state index in [0.717, 1.165) is 48.0 Å². The molecule has 3 aliphatic rings. The summed E-state index contributed by atoms with van der Waals surface area (Å²) in [6, 6.07) is 16.7. The SMILES string of the molecule is C=C(F)C(=O)N1CCN(c2nc(OCC34CCCN3CCC4)nc3cc(-c4cccc5sccc45)ccc23)C[C@@H]1CC#N. The molecule has 0 spiro atoms. The highest BCUT2D eigenvalue weighted by Crippen LogP contribution is 2.40. The zero-order valence-corrected chi connectivity index (χ0v) is 24.8. The van der Waals surface area contributed by atoms with Crippen molar-refractivity contribution >= 4 is 44.1 Å². The second-order valence-electron chi connectivity index (χ2n) is 11.8. The zero-order valence-electron chi connectivity index (χ0n) is 24.0. The summed E-state index contributed by atoms with van der Waals surface area (Å²) < 4.78 is 21.5. The highest BCUT2D eigenvalue weighted by molar-refractivity contribution is 7.17. The van der Waals surface area contributed by atoms with Gasteiger partial charge in [-0.2, -0.15) is 15.2 Å². The lowest BCUT2D eigenvalue weighted by molar-refractivity contribution is -0.131. The number of halogens is 1. The minimum Gasteiger partial charge on any atom is -0.461 e. The summed E-state index contributed by atoms with van der Waals surface area (Å²) in [5, 5.41) is 13.7. The molecule has 2 aromatic heterocycles. The Balaban J connectivity index is 1.27. The number of rotatable bonds is 7. The molecule has 0 unspecified atom stereocenters. The maximum Gasteiger partial charge on any atom is 0.319 e. The van der Waals surface area contributed by atoms with Gasteiger partial charge in [-0.3, -0.25) is 9.69 Å². The molecule has 1 atom stereocenters. The largest absolute Gasteiger partial charge is 0.461 e. The van der Waals surface area contributed by atoms with Crippen LogP contribution in [0.4, 0.5) is 10.2 Å². The molecular weight excluding hydrogens is 563 g/mol. The molecule has 4 aromatic rings. The summed E-state index contributed by atoms with van der Waals surface area (Å²) in [7, 11) is 0. The van der Waals surface area contributed by atoms with Gasteiger partial charge in [-0.25, -0.2) is 4.39 Å². The normalized spacial score (nSPS) is 20.0. The lowest BCUT2D eigenvalue weighted by Gasteiger charge is -2.41. The van der Waals surface area contributed by atoms with Crippen molar-refractivity contribution in [2.45, 2.75) is 43.7 Å². The fourth-order valence-corrected chi connectivity index (χ4v) is 8.03. The van der Waals surface area contributed by atoms with E-state index < -0.39 is 17.8 Å². The zero-order chi connectivity index (χ0) is 29.6. The van der Waals surface area contributed by atoms with Gasteiger partial charge in [0.2, 0.25) is 0 Å². The van der Waals surface area contributed by atoms with Gasteiger partial charge < -0.3 is 14.5 Å². The van der Waals surface area contributed by atoms with Crippen LogP contribution in [0, 0.1) is 11.3 Å². The number of nitriles is 1. The topological polar surface area (TPSA) is 85.6 Å². The molecule has 0 N–H and O–H groups in total. The number of aromatic nitrogens is 2. The van der Waals surface area contributed by atoms with Crippen molar-refractivity contribution < 1.29 is 13.9 Å². The van der Waals surface area contributed by atoms with Crippen molar-refractivity contribution in [1.82, 2.24) is 19.8 Å². The van der Waals surface area contributed by atoms with Crippen LogP contribution in [0.25, 0.3) is 32.1 Å². The first-order valence-corrected chi connectivity index (χ1v) is 15.8. The molecule has 2 aromatic carbocycles. The molecule has 0 saturated carbocycles. The number of nitrogens with zero attached hydrogens (tertiary/aromatic N) is 6. The maximum absolute atomic E-state index is 13.8. The molecule has 0 aliphatic carbocycles. The number of fused-ring (bicyclic) bond motifs is 3. The molecule has 220 valence electrons. The van der Waals surface area contributed by atoms with E-state index in [1.54, 1.807) is 11.3 Å². The van der Waals surface area contributed by atoms with Gasteiger partial charge in [-0.05, 0) is 79.5 Å². The van der Waals surface area contributed by atoms with Gasteiger partial charge in [0.05, 0.1) is 29.6 Å². The summed E-state index contributed by atoms with van der Waals surface area (Å²) in [6.07, 6.45) is 4.68. The summed E-state index contributed by atoms with van der Waals surface area (Å²) in [5.74, 6) is -1.08. The second-order valence-corrected chi connectivity index (χ2v) is 12.7. The number of thiophene rings is 1. The number of ether oxygens (including phenoxy) is 1. The van der Waals surface area contributed by atoms with E-state index >= 15 is 0 Å². The lowest BCUT2D eigenvalue weighted by Crippen LogP contribution is -2.55. The smallest absolute Gasteiger partial charge is 0.319 e. The number of piperazine rings is 1. The Hall–Kier alpha value is -4.07. The van der Waals surface area contributed by atoms with Crippen molar-refractivity contribution in [1.29, 1.82) is 5.26 Å². The highest BCUT2D eigenvalue weighted by atomic mass is 32.1. The van der Waals surface area contributed by atoms with Crippen molar-refractivity contribution in [3.8, 4) is 23.2 Å². The molecule has 1 amide bonds. The van der Waals surface area contributed by atoms with Crippen molar-refractivity contribution in [3.63, 3.8) is 0 Å². The molecule has 7 rings (SSSR count). The molecule has 43 heavy (non-hydrogen) atoms. The minimum absolute atomic E-state index is 0.0492. The molecule has 3 saturated heterocycles. The number of hydrogen-bond acceptors (Lipinski definition) is 8. The molecule has 8 nitrogen and oxygen atoms in total. The Labute approximate surface area is 254 Å². The number of anilines is 1. The number of carbonyl (C=O) groups excluding carboxylic acids is 1. The fraction of sp³-hybridized carbons (Fsp3) is 0.394. The first kappa shape index (κ1) is 27.7. The Morgan fingerprint density at radius 3 is 2.74 bits per heavy atom. The Bertz CT molecular complexity index is 1760. The summed E-state index contributed by atoms with van der Waals surface area (Å²) in [5.41, 5.74) is 3.02. The van der Waals surface area contributed by atoms with Crippen LogP contribution in [0.1, 0.15) is 32.1 Å². The van der Waals surface area contributed by atoms with Crippen LogP contribution in [-0.4, -0.2) is 76.6 Å². The molecular formula is C33H33FN6O2S. The van der Waals surface area contributed by atoms with E-state index in [4.69, 9.17) is 14.7 Å². The van der Waals surface area contributed by atoms with Crippen molar-refractivity contribution in [3.05, 3.63) is 60.3 Å². The van der Waals surface area contributed by atoms with E-state index in [-0.39, 0.29) is 18.5 Å². The monoisotopic (exact) mass is 596 g/mol. The third-order valence-corrected chi connectivity index (χ3v) is 10.2. The number of amides is 1. The second kappa shape index (κ2) is 11.2. The lowest BCUT2D eigenvalue weighted by atomic mass is 9.95. The van der Waals surface area contributed by atoms with Crippen LogP contribution in [0.5, 0.6) is 6.01 Å². The van der Waals surface area contributed by atoms with E-state index in [0.29, 0.717) is 31.5 Å². The third-order valence-electron chi connectivity index (χ3n) is 9.35. The third kappa shape index (κ3) is 5.00. The molecule has 3 aliphatic heterocycles. The molecule has 3 fully saturated rings. The standard InChI is InChI=1S/C33H33FN6O2S/c1-22(34)31(41)40-17-16-38(20-24(40)9-13-35)30-27-8-7-23(25-5-2-6-29-26(25)10-18-43-29)19-28(27)36-32(37-30)42-21-33-11-3-14-39(33)15-4-12-33/h2,5-8,10,18-19,24H,1,3-4,9,11-12,14-17,20-21H2/t24-/m0/s1. The van der Waals surface area contributed by atoms with Gasteiger partial charge in [-0.15, -0.1) is 11.3 Å². The molecule has 10 heteroatoms. The van der Waals surface area contributed by atoms with E-state index in [1.807, 2.05) is 6.07 Å². The van der Waals surface area contributed by atoms with Crippen molar-refractivity contribution in [2.24, 2.45) is 0 Å². The molecule has 0 bridgehead atoms. The summed E-state index contributed by atoms with van der Waals surface area (Å²) >= 11 is 1.72. The average Bonchev–Trinajstić information content (AvgIpc) is 3.75. The highest BCUT2D eigenvalue weighted by Gasteiger charge is 2.45. The van der Waals surface area contributed by atoms with Crippen LogP contribution >= 0.6 is 11.3 Å². The minimum atomic E-state index is -1.01. The number of hydrogen-bond donors (Lipinski definition) is 0. The molecule has 5 heterocycles. The van der Waals surface area contributed by atoms with Crippen LogP contribution in [0.3, 0.4) is 0 Å². The Morgan fingerprint density at radius 1 is 1.12 bits per heavy atom. The van der Waals surface area contributed by atoms with Gasteiger partial charge in [0.15, 0.2) is 5.83 Å². The van der Waals surface area contributed by atoms with Crippen LogP contribution in [0.15, 0.2) is 60.3 Å². The number of benzene rings is 2. The van der Waals surface area contributed by atoms with Gasteiger partial charge >= 0.3 is 6.01 Å². The quantitative estimate of drug-likeness (QED) is 0.244. The fourth-order valence-electron chi connectivity index (χ4n) is 7.22. The Kier molecular flexibility index (Phi) is 7.23. The first-order valence-electron chi connectivity index (χ1n) is 14.9. The van der Waals surface area contributed by atoms with E-state index in [2.05, 4.69) is 64.2 Å². The van der Waals surface area contributed by atoms with Gasteiger partial charge in [0.25, 0.3) is 5.91 Å². The average molecular weight is 597 g/mol. The first-order chi connectivity index (χ1) is 21.0. The van der Waals surface area contributed by atoms with Crippen LogP contribution < -0.4 is 9.64 Å². The van der Waals surface area contributed by atoms with Crippen molar-refractivity contribution in [2.75, 3.05) is 44.2 Å². The van der Waals surface area contributed by atoms with Crippen LogP contribution in [0.2, 0.25) is 0 Å². The van der Waals surface area contributed by atoms with Crippen LogP contribution in [-0.2, 0) is 4.79 Å². The Morgan fingerprint density at radius 2 is 1.95 bits per heavy atom.